The monoisotopic (exact) mass is 420 g/mol. The van der Waals surface area contributed by atoms with Crippen LogP contribution in [0.2, 0.25) is 0 Å². The van der Waals surface area contributed by atoms with Crippen molar-refractivity contribution in [2.45, 2.75) is 5.03 Å². The standard InChI is InChI=1S/C22H20N4O3S/c1-28-17-8-6-15(7-9-17)19-13-26-20(24-19)10-11-22(25-26)30-14-21(27)23-16-4-3-5-18(12-16)29-2/h3-13H,14H2,1-2H3,(H,23,27). The highest BCUT2D eigenvalue weighted by Crippen LogP contribution is 2.23. The van der Waals surface area contributed by atoms with E-state index in [9.17, 15) is 4.79 Å². The molecule has 1 N–H and O–H groups in total. The molecule has 0 spiro atoms. The average molecular weight is 420 g/mol. The van der Waals surface area contributed by atoms with E-state index in [1.807, 2.05) is 60.8 Å². The van der Waals surface area contributed by atoms with Crippen LogP contribution < -0.4 is 14.8 Å². The number of carbonyl (C=O) groups excluding carboxylic acids is 1. The zero-order valence-electron chi connectivity index (χ0n) is 16.5. The maximum absolute atomic E-state index is 12.3. The Bertz CT molecular complexity index is 1170. The fourth-order valence-corrected chi connectivity index (χ4v) is 3.54. The lowest BCUT2D eigenvalue weighted by Gasteiger charge is -2.06. The molecule has 0 fully saturated rings. The van der Waals surface area contributed by atoms with Crippen LogP contribution in [0.4, 0.5) is 5.69 Å². The van der Waals surface area contributed by atoms with Crippen LogP contribution in [0.3, 0.4) is 0 Å². The Morgan fingerprint density at radius 1 is 1.03 bits per heavy atom. The number of hydrogen-bond donors (Lipinski definition) is 1. The minimum atomic E-state index is -0.111. The molecule has 0 aliphatic heterocycles. The summed E-state index contributed by atoms with van der Waals surface area (Å²) in [4.78, 5) is 16.9. The summed E-state index contributed by atoms with van der Waals surface area (Å²) in [7, 11) is 3.23. The summed E-state index contributed by atoms with van der Waals surface area (Å²) in [6.07, 6.45) is 1.87. The number of nitrogens with zero attached hydrogens (tertiary/aromatic N) is 3. The number of carbonyl (C=O) groups is 1. The molecule has 0 bridgehead atoms. The molecule has 0 saturated carbocycles. The van der Waals surface area contributed by atoms with E-state index >= 15 is 0 Å². The van der Waals surface area contributed by atoms with Crippen molar-refractivity contribution in [3.8, 4) is 22.8 Å². The second kappa shape index (κ2) is 8.87. The van der Waals surface area contributed by atoms with Crippen molar-refractivity contribution in [1.82, 2.24) is 14.6 Å². The molecule has 0 unspecified atom stereocenters. The summed E-state index contributed by atoms with van der Waals surface area (Å²) < 4.78 is 12.1. The first-order valence-corrected chi connectivity index (χ1v) is 10.2. The van der Waals surface area contributed by atoms with E-state index in [1.165, 1.54) is 11.8 Å². The normalized spacial score (nSPS) is 10.7. The molecule has 152 valence electrons. The molecule has 4 aromatic rings. The third-order valence-electron chi connectivity index (χ3n) is 4.39. The third-order valence-corrected chi connectivity index (χ3v) is 5.31. The SMILES string of the molecule is COc1ccc(-c2cn3nc(SCC(=O)Nc4cccc(OC)c4)ccc3n2)cc1. The predicted molar refractivity (Wildman–Crippen MR) is 117 cm³/mol. The molecule has 2 heterocycles. The third kappa shape index (κ3) is 4.55. The highest BCUT2D eigenvalue weighted by atomic mass is 32.2. The number of fused-ring (bicyclic) bond motifs is 1. The lowest BCUT2D eigenvalue weighted by atomic mass is 10.2. The van der Waals surface area contributed by atoms with E-state index < -0.39 is 0 Å². The maximum atomic E-state index is 12.3. The van der Waals surface area contributed by atoms with Crippen molar-refractivity contribution in [3.05, 3.63) is 66.9 Å². The Morgan fingerprint density at radius 2 is 1.83 bits per heavy atom. The van der Waals surface area contributed by atoms with Crippen molar-refractivity contribution in [2.24, 2.45) is 0 Å². The maximum Gasteiger partial charge on any atom is 0.234 e. The van der Waals surface area contributed by atoms with Gasteiger partial charge in [-0.1, -0.05) is 17.8 Å². The van der Waals surface area contributed by atoms with Crippen LogP contribution in [0, 0.1) is 0 Å². The fraction of sp³-hybridized carbons (Fsp3) is 0.136. The van der Waals surface area contributed by atoms with E-state index in [0.717, 1.165) is 27.7 Å². The molecule has 1 amide bonds. The van der Waals surface area contributed by atoms with Gasteiger partial charge >= 0.3 is 0 Å². The smallest absolute Gasteiger partial charge is 0.234 e. The van der Waals surface area contributed by atoms with Gasteiger partial charge in [-0.25, -0.2) is 9.50 Å². The summed E-state index contributed by atoms with van der Waals surface area (Å²) in [6.45, 7) is 0. The molecule has 0 atom stereocenters. The molecule has 30 heavy (non-hydrogen) atoms. The van der Waals surface area contributed by atoms with Crippen molar-refractivity contribution < 1.29 is 14.3 Å². The van der Waals surface area contributed by atoms with Crippen molar-refractivity contribution in [3.63, 3.8) is 0 Å². The first-order chi connectivity index (χ1) is 14.6. The number of aromatic nitrogens is 3. The lowest BCUT2D eigenvalue weighted by Crippen LogP contribution is -2.14. The molecule has 0 aliphatic carbocycles. The van der Waals surface area contributed by atoms with Gasteiger partial charge in [-0.2, -0.15) is 5.10 Å². The van der Waals surface area contributed by atoms with Gasteiger partial charge in [0.25, 0.3) is 0 Å². The molecule has 7 nitrogen and oxygen atoms in total. The fourth-order valence-electron chi connectivity index (χ4n) is 2.88. The number of nitrogens with one attached hydrogen (secondary N) is 1. The van der Waals surface area contributed by atoms with Gasteiger partial charge in [0, 0.05) is 17.3 Å². The van der Waals surface area contributed by atoms with Gasteiger partial charge < -0.3 is 14.8 Å². The van der Waals surface area contributed by atoms with Gasteiger partial charge in [-0.15, -0.1) is 0 Å². The van der Waals surface area contributed by atoms with Crippen LogP contribution in [-0.4, -0.2) is 40.5 Å². The number of benzene rings is 2. The number of anilines is 1. The Balaban J connectivity index is 1.42. The summed E-state index contributed by atoms with van der Waals surface area (Å²) in [5.74, 6) is 1.63. The Labute approximate surface area is 178 Å². The van der Waals surface area contributed by atoms with Crippen LogP contribution in [0.5, 0.6) is 11.5 Å². The molecular weight excluding hydrogens is 400 g/mol. The van der Waals surface area contributed by atoms with Crippen LogP contribution in [-0.2, 0) is 4.79 Å². The summed E-state index contributed by atoms with van der Waals surface area (Å²) >= 11 is 1.36. The predicted octanol–water partition coefficient (Wildman–Crippen LogP) is 4.14. The molecule has 4 rings (SSSR count). The first-order valence-electron chi connectivity index (χ1n) is 9.22. The number of hydrogen-bond acceptors (Lipinski definition) is 6. The molecule has 0 radical (unpaired) electrons. The molecular formula is C22H20N4O3S. The molecule has 0 aliphatic rings. The highest BCUT2D eigenvalue weighted by molar-refractivity contribution is 7.99. The second-order valence-corrected chi connectivity index (χ2v) is 7.39. The summed E-state index contributed by atoms with van der Waals surface area (Å²) in [5.41, 5.74) is 3.24. The minimum absolute atomic E-state index is 0.111. The van der Waals surface area contributed by atoms with Crippen molar-refractivity contribution >= 4 is 29.0 Å². The minimum Gasteiger partial charge on any atom is -0.497 e. The quantitative estimate of drug-likeness (QED) is 0.453. The summed E-state index contributed by atoms with van der Waals surface area (Å²) in [5, 5.41) is 8.15. The van der Waals surface area contributed by atoms with Crippen LogP contribution >= 0.6 is 11.8 Å². The number of thioether (sulfide) groups is 1. The van der Waals surface area contributed by atoms with E-state index in [1.54, 1.807) is 24.8 Å². The number of methoxy groups -OCH3 is 2. The zero-order valence-corrected chi connectivity index (χ0v) is 17.3. The van der Waals surface area contributed by atoms with Gasteiger partial charge in [0.15, 0.2) is 5.65 Å². The zero-order chi connectivity index (χ0) is 20.9. The Morgan fingerprint density at radius 3 is 2.60 bits per heavy atom. The number of rotatable bonds is 7. The van der Waals surface area contributed by atoms with Crippen LogP contribution in [0.1, 0.15) is 0 Å². The van der Waals surface area contributed by atoms with E-state index in [0.29, 0.717) is 11.4 Å². The molecule has 2 aromatic carbocycles. The molecule has 2 aromatic heterocycles. The van der Waals surface area contributed by atoms with Gasteiger partial charge in [-0.05, 0) is 48.5 Å². The lowest BCUT2D eigenvalue weighted by molar-refractivity contribution is -0.113. The van der Waals surface area contributed by atoms with Crippen molar-refractivity contribution in [1.29, 1.82) is 0 Å². The van der Waals surface area contributed by atoms with E-state index in [4.69, 9.17) is 9.47 Å². The first kappa shape index (κ1) is 19.8. The van der Waals surface area contributed by atoms with Crippen LogP contribution in [0.25, 0.3) is 16.9 Å². The molecule has 8 heteroatoms. The number of imidazole rings is 1. The van der Waals surface area contributed by atoms with E-state index in [2.05, 4.69) is 15.4 Å². The Kier molecular flexibility index (Phi) is 5.85. The largest absolute Gasteiger partial charge is 0.497 e. The second-order valence-electron chi connectivity index (χ2n) is 6.40. The van der Waals surface area contributed by atoms with Gasteiger partial charge in [0.1, 0.15) is 16.5 Å². The van der Waals surface area contributed by atoms with E-state index in [-0.39, 0.29) is 11.7 Å². The van der Waals surface area contributed by atoms with Gasteiger partial charge in [-0.3, -0.25) is 4.79 Å². The van der Waals surface area contributed by atoms with Crippen LogP contribution in [0.15, 0.2) is 71.9 Å². The summed E-state index contributed by atoms with van der Waals surface area (Å²) in [6, 6.07) is 18.7. The number of amides is 1. The Hall–Kier alpha value is -3.52. The topological polar surface area (TPSA) is 77.8 Å². The number of ether oxygens (including phenoxy) is 2. The van der Waals surface area contributed by atoms with Gasteiger partial charge in [0.05, 0.1) is 31.9 Å². The molecule has 0 saturated heterocycles. The van der Waals surface area contributed by atoms with Gasteiger partial charge in [0.2, 0.25) is 5.91 Å². The van der Waals surface area contributed by atoms with Crippen molar-refractivity contribution in [2.75, 3.05) is 25.3 Å². The highest BCUT2D eigenvalue weighted by Gasteiger charge is 2.09. The average Bonchev–Trinajstić information content (AvgIpc) is 3.21.